The average Bonchev–Trinajstić information content (AvgIpc) is 2.96. The van der Waals surface area contributed by atoms with Crippen LogP contribution in [0.25, 0.3) is 5.57 Å². The van der Waals surface area contributed by atoms with E-state index in [0.717, 1.165) is 27.8 Å². The minimum absolute atomic E-state index is 0.0973. The summed E-state index contributed by atoms with van der Waals surface area (Å²) in [6, 6.07) is 18.0. The molecule has 2 heterocycles. The lowest BCUT2D eigenvalue weighted by molar-refractivity contribution is -0.110. The maximum absolute atomic E-state index is 12.2. The number of nitrogens with zero attached hydrogens (tertiary/aromatic N) is 1. The number of carbonyl (C=O) groups excluding carboxylic acids is 1. The number of pyridine rings is 1. The largest absolute Gasteiger partial charge is 0.361 e. The van der Waals surface area contributed by atoms with Crippen LogP contribution in [0.4, 0.5) is 11.4 Å². The monoisotopic (exact) mass is 405 g/mol. The molecule has 128 valence electrons. The van der Waals surface area contributed by atoms with E-state index in [1.54, 1.807) is 18.6 Å². The standard InChI is InChI=1S/C21H16BrN3O/c22-16-3-6-18-19(21(26)25-20(18)12-16)13-24-17-4-1-14(2-5-17)11-15-7-9-23-10-8-15/h1-10,12-13,24H,11H2,(H,25,26)/b19-13-. The molecule has 2 aromatic carbocycles. The van der Waals surface area contributed by atoms with Gasteiger partial charge in [-0.15, -0.1) is 0 Å². The van der Waals surface area contributed by atoms with Crippen molar-refractivity contribution in [3.63, 3.8) is 0 Å². The summed E-state index contributed by atoms with van der Waals surface area (Å²) < 4.78 is 0.940. The normalized spacial score (nSPS) is 14.2. The number of rotatable bonds is 4. The van der Waals surface area contributed by atoms with Crippen molar-refractivity contribution in [1.82, 2.24) is 4.98 Å². The topological polar surface area (TPSA) is 54.0 Å². The first-order valence-electron chi connectivity index (χ1n) is 8.25. The van der Waals surface area contributed by atoms with Gasteiger partial charge in [-0.3, -0.25) is 9.78 Å². The number of benzene rings is 2. The zero-order valence-corrected chi connectivity index (χ0v) is 15.5. The number of hydrogen-bond acceptors (Lipinski definition) is 3. The van der Waals surface area contributed by atoms with Crippen molar-refractivity contribution >= 4 is 38.8 Å². The molecule has 0 spiro atoms. The summed E-state index contributed by atoms with van der Waals surface area (Å²) >= 11 is 3.42. The molecular weight excluding hydrogens is 390 g/mol. The maximum atomic E-state index is 12.2. The van der Waals surface area contributed by atoms with Crippen molar-refractivity contribution in [2.45, 2.75) is 6.42 Å². The first-order chi connectivity index (χ1) is 12.7. The second kappa shape index (κ2) is 7.14. The molecule has 0 saturated heterocycles. The number of anilines is 2. The van der Waals surface area contributed by atoms with Crippen LogP contribution in [0.5, 0.6) is 0 Å². The van der Waals surface area contributed by atoms with Gasteiger partial charge in [-0.2, -0.15) is 0 Å². The third-order valence-electron chi connectivity index (χ3n) is 4.26. The van der Waals surface area contributed by atoms with Crippen LogP contribution in [0, 0.1) is 0 Å². The second-order valence-electron chi connectivity index (χ2n) is 6.08. The Morgan fingerprint density at radius 1 is 1.00 bits per heavy atom. The quantitative estimate of drug-likeness (QED) is 0.610. The van der Waals surface area contributed by atoms with Gasteiger partial charge in [-0.1, -0.05) is 34.1 Å². The summed E-state index contributed by atoms with van der Waals surface area (Å²) in [5.74, 6) is -0.0973. The number of hydrogen-bond donors (Lipinski definition) is 2. The lowest BCUT2D eigenvalue weighted by Gasteiger charge is -2.05. The molecule has 0 aliphatic carbocycles. The molecule has 0 atom stereocenters. The lowest BCUT2D eigenvalue weighted by atomic mass is 10.1. The van der Waals surface area contributed by atoms with Crippen molar-refractivity contribution in [3.8, 4) is 0 Å². The van der Waals surface area contributed by atoms with E-state index in [-0.39, 0.29) is 5.91 Å². The van der Waals surface area contributed by atoms with Crippen molar-refractivity contribution in [1.29, 1.82) is 0 Å². The third-order valence-corrected chi connectivity index (χ3v) is 4.75. The Bertz CT molecular complexity index is 982. The highest BCUT2D eigenvalue weighted by Crippen LogP contribution is 2.33. The molecular formula is C21H16BrN3O. The highest BCUT2D eigenvalue weighted by molar-refractivity contribution is 9.10. The number of nitrogens with one attached hydrogen (secondary N) is 2. The summed E-state index contributed by atoms with van der Waals surface area (Å²) in [6.45, 7) is 0. The van der Waals surface area contributed by atoms with E-state index in [1.807, 2.05) is 42.5 Å². The smallest absolute Gasteiger partial charge is 0.257 e. The van der Waals surface area contributed by atoms with Crippen molar-refractivity contribution in [2.24, 2.45) is 0 Å². The van der Waals surface area contributed by atoms with E-state index in [2.05, 4.69) is 43.7 Å². The first-order valence-corrected chi connectivity index (χ1v) is 9.04. The van der Waals surface area contributed by atoms with Gasteiger partial charge < -0.3 is 10.6 Å². The molecule has 1 aliphatic heterocycles. The average molecular weight is 406 g/mol. The molecule has 0 unspecified atom stereocenters. The van der Waals surface area contributed by atoms with Crippen molar-refractivity contribution < 1.29 is 4.79 Å². The molecule has 3 aromatic rings. The van der Waals surface area contributed by atoms with E-state index < -0.39 is 0 Å². The molecule has 0 fully saturated rings. The molecule has 1 aromatic heterocycles. The molecule has 4 nitrogen and oxygen atoms in total. The van der Waals surface area contributed by atoms with Crippen LogP contribution >= 0.6 is 15.9 Å². The van der Waals surface area contributed by atoms with Crippen molar-refractivity contribution in [3.05, 3.63) is 94.4 Å². The Morgan fingerprint density at radius 2 is 1.73 bits per heavy atom. The SMILES string of the molecule is O=C1Nc2cc(Br)ccc2/C1=C/Nc1ccc(Cc2ccncc2)cc1. The fourth-order valence-corrected chi connectivity index (χ4v) is 3.28. The maximum Gasteiger partial charge on any atom is 0.257 e. The minimum Gasteiger partial charge on any atom is -0.361 e. The van der Waals surface area contributed by atoms with Crippen LogP contribution in [-0.2, 0) is 11.2 Å². The van der Waals surface area contributed by atoms with E-state index in [1.165, 1.54) is 11.1 Å². The van der Waals surface area contributed by atoms with Gasteiger partial charge in [0, 0.05) is 34.3 Å². The summed E-state index contributed by atoms with van der Waals surface area (Å²) in [7, 11) is 0. The van der Waals surface area contributed by atoms with Gasteiger partial charge in [0.05, 0.1) is 11.3 Å². The Balaban J connectivity index is 1.48. The predicted octanol–water partition coefficient (Wildman–Crippen LogP) is 4.84. The number of amides is 1. The van der Waals surface area contributed by atoms with Gasteiger partial charge in [0.15, 0.2) is 0 Å². The van der Waals surface area contributed by atoms with Gasteiger partial charge in [0.1, 0.15) is 0 Å². The molecule has 26 heavy (non-hydrogen) atoms. The molecule has 0 saturated carbocycles. The number of fused-ring (bicyclic) bond motifs is 1. The second-order valence-corrected chi connectivity index (χ2v) is 6.99. The summed E-state index contributed by atoms with van der Waals surface area (Å²) in [5, 5.41) is 6.10. The summed E-state index contributed by atoms with van der Waals surface area (Å²) in [5.41, 5.74) is 5.75. The Morgan fingerprint density at radius 3 is 2.50 bits per heavy atom. The Kier molecular flexibility index (Phi) is 4.54. The number of halogens is 1. The summed E-state index contributed by atoms with van der Waals surface area (Å²) in [6.07, 6.45) is 6.24. The van der Waals surface area contributed by atoms with E-state index in [9.17, 15) is 4.79 Å². The minimum atomic E-state index is -0.0973. The Labute approximate surface area is 160 Å². The molecule has 0 bridgehead atoms. The van der Waals surface area contributed by atoms with Gasteiger partial charge >= 0.3 is 0 Å². The van der Waals surface area contributed by atoms with Crippen LogP contribution in [0.2, 0.25) is 0 Å². The Hall–Kier alpha value is -2.92. The lowest BCUT2D eigenvalue weighted by Crippen LogP contribution is -2.05. The van der Waals surface area contributed by atoms with Crippen LogP contribution < -0.4 is 10.6 Å². The van der Waals surface area contributed by atoms with Gasteiger partial charge in [-0.05, 0) is 53.9 Å². The van der Waals surface area contributed by atoms with Crippen LogP contribution in [0.3, 0.4) is 0 Å². The van der Waals surface area contributed by atoms with Gasteiger partial charge in [0.2, 0.25) is 0 Å². The zero-order chi connectivity index (χ0) is 17.9. The molecule has 5 heteroatoms. The highest BCUT2D eigenvalue weighted by atomic mass is 79.9. The van der Waals surface area contributed by atoms with E-state index in [0.29, 0.717) is 5.57 Å². The molecule has 2 N–H and O–H groups in total. The van der Waals surface area contributed by atoms with Gasteiger partial charge in [-0.25, -0.2) is 0 Å². The van der Waals surface area contributed by atoms with E-state index >= 15 is 0 Å². The fraction of sp³-hybridized carbons (Fsp3) is 0.0476. The highest BCUT2D eigenvalue weighted by Gasteiger charge is 2.23. The summed E-state index contributed by atoms with van der Waals surface area (Å²) in [4.78, 5) is 16.2. The molecule has 0 radical (unpaired) electrons. The van der Waals surface area contributed by atoms with E-state index in [4.69, 9.17) is 0 Å². The van der Waals surface area contributed by atoms with Crippen LogP contribution in [0.1, 0.15) is 16.7 Å². The van der Waals surface area contributed by atoms with Crippen LogP contribution in [0.15, 0.2) is 77.7 Å². The molecule has 1 amide bonds. The van der Waals surface area contributed by atoms with Crippen molar-refractivity contribution in [2.75, 3.05) is 10.6 Å². The first kappa shape index (κ1) is 16.5. The fourth-order valence-electron chi connectivity index (χ4n) is 2.92. The number of carbonyl (C=O) groups is 1. The van der Waals surface area contributed by atoms with Crippen LogP contribution in [-0.4, -0.2) is 10.9 Å². The zero-order valence-electron chi connectivity index (χ0n) is 13.9. The number of aromatic nitrogens is 1. The molecule has 4 rings (SSSR count). The van der Waals surface area contributed by atoms with Gasteiger partial charge in [0.25, 0.3) is 5.91 Å². The predicted molar refractivity (Wildman–Crippen MR) is 108 cm³/mol. The molecule has 1 aliphatic rings. The third kappa shape index (κ3) is 3.53.